The maximum atomic E-state index is 13.1. The summed E-state index contributed by atoms with van der Waals surface area (Å²) in [6.45, 7) is 6.84. The maximum Gasteiger partial charge on any atom is 0.343 e. The molecule has 0 aliphatic carbocycles. The molecule has 0 saturated carbocycles. The van der Waals surface area contributed by atoms with Crippen molar-refractivity contribution in [2.45, 2.75) is 32.6 Å². The largest absolute Gasteiger partial charge is 0.493 e. The molecule has 1 fully saturated rings. The van der Waals surface area contributed by atoms with Gasteiger partial charge in [0.15, 0.2) is 11.5 Å². The first-order valence-corrected chi connectivity index (χ1v) is 13.7. The summed E-state index contributed by atoms with van der Waals surface area (Å²) >= 11 is 6.76. The Kier molecular flexibility index (Phi) is 8.77. The molecule has 1 saturated heterocycles. The number of benzene rings is 3. The number of thioether (sulfide) groups is 1. The van der Waals surface area contributed by atoms with Gasteiger partial charge in [-0.05, 0) is 71.0 Å². The second kappa shape index (κ2) is 12.1. The smallest absolute Gasteiger partial charge is 0.343 e. The van der Waals surface area contributed by atoms with Gasteiger partial charge in [0.1, 0.15) is 10.1 Å². The quantitative estimate of drug-likeness (QED) is 0.132. The summed E-state index contributed by atoms with van der Waals surface area (Å²) in [7, 11) is 3.19. The van der Waals surface area contributed by atoms with Crippen LogP contribution in [0.3, 0.4) is 0 Å². The Hall–Kier alpha value is -3.62. The Morgan fingerprint density at radius 1 is 0.949 bits per heavy atom. The van der Waals surface area contributed by atoms with Crippen LogP contribution in [-0.2, 0) is 16.6 Å². The lowest BCUT2D eigenvalue weighted by atomic mass is 9.87. The van der Waals surface area contributed by atoms with Crippen LogP contribution < -0.4 is 14.2 Å². The minimum absolute atomic E-state index is 0.0111. The fourth-order valence-corrected chi connectivity index (χ4v) is 5.33. The molecule has 0 bridgehead atoms. The Morgan fingerprint density at radius 2 is 1.62 bits per heavy atom. The lowest BCUT2D eigenvalue weighted by Gasteiger charge is -2.18. The third-order valence-electron chi connectivity index (χ3n) is 6.32. The molecule has 6 nitrogen and oxygen atoms in total. The van der Waals surface area contributed by atoms with Gasteiger partial charge in [0, 0.05) is 6.54 Å². The third-order valence-corrected chi connectivity index (χ3v) is 7.70. The maximum absolute atomic E-state index is 13.1. The van der Waals surface area contributed by atoms with Crippen molar-refractivity contribution < 1.29 is 23.8 Å². The van der Waals surface area contributed by atoms with Crippen molar-refractivity contribution in [2.75, 3.05) is 20.8 Å². The summed E-state index contributed by atoms with van der Waals surface area (Å²) in [5.41, 5.74) is 3.47. The molecule has 0 spiro atoms. The van der Waals surface area contributed by atoms with Gasteiger partial charge in [0.2, 0.25) is 0 Å². The van der Waals surface area contributed by atoms with Crippen LogP contribution in [0.4, 0.5) is 0 Å². The number of methoxy groups -OCH3 is 2. The van der Waals surface area contributed by atoms with E-state index in [1.54, 1.807) is 49.5 Å². The summed E-state index contributed by atoms with van der Waals surface area (Å²) in [5, 5.41) is 0. The molecule has 8 heteroatoms. The summed E-state index contributed by atoms with van der Waals surface area (Å²) in [4.78, 5) is 27.8. The van der Waals surface area contributed by atoms with Crippen molar-refractivity contribution >= 4 is 46.3 Å². The molecule has 3 aromatic rings. The number of nitrogens with zero attached hydrogens (tertiary/aromatic N) is 1. The zero-order chi connectivity index (χ0) is 28.2. The van der Waals surface area contributed by atoms with Gasteiger partial charge in [0.05, 0.1) is 24.7 Å². The molecule has 202 valence electrons. The van der Waals surface area contributed by atoms with Crippen molar-refractivity contribution in [1.82, 2.24) is 4.90 Å². The second-order valence-electron chi connectivity index (χ2n) is 10.1. The lowest BCUT2D eigenvalue weighted by molar-refractivity contribution is -0.122. The van der Waals surface area contributed by atoms with E-state index in [4.69, 9.17) is 26.4 Å². The lowest BCUT2D eigenvalue weighted by Crippen LogP contribution is -2.30. The molecular weight excluding hydrogens is 530 g/mol. The summed E-state index contributed by atoms with van der Waals surface area (Å²) in [6, 6.07) is 20.2. The number of amides is 1. The average molecular weight is 562 g/mol. The first-order valence-electron chi connectivity index (χ1n) is 12.5. The Morgan fingerprint density at radius 3 is 2.23 bits per heavy atom. The third kappa shape index (κ3) is 6.88. The number of carbonyl (C=O) groups is 2. The molecule has 0 radical (unpaired) electrons. The molecule has 1 aliphatic rings. The van der Waals surface area contributed by atoms with Crippen LogP contribution in [0.2, 0.25) is 0 Å². The first-order chi connectivity index (χ1) is 18.6. The van der Waals surface area contributed by atoms with E-state index in [1.165, 1.54) is 11.8 Å². The van der Waals surface area contributed by atoms with E-state index in [-0.39, 0.29) is 11.3 Å². The highest BCUT2D eigenvalue weighted by Gasteiger charge is 2.31. The van der Waals surface area contributed by atoms with E-state index >= 15 is 0 Å². The van der Waals surface area contributed by atoms with Gasteiger partial charge in [-0.2, -0.15) is 0 Å². The molecule has 0 aromatic heterocycles. The van der Waals surface area contributed by atoms with Crippen LogP contribution in [0.15, 0.2) is 71.6 Å². The molecule has 0 unspecified atom stereocenters. The van der Waals surface area contributed by atoms with Gasteiger partial charge in [-0.15, -0.1) is 0 Å². The Labute approximate surface area is 238 Å². The fraction of sp³-hybridized carbons (Fsp3) is 0.258. The first kappa shape index (κ1) is 28.4. The van der Waals surface area contributed by atoms with E-state index in [9.17, 15) is 9.59 Å². The highest BCUT2D eigenvalue weighted by atomic mass is 32.2. The summed E-state index contributed by atoms with van der Waals surface area (Å²) in [6.07, 6.45) is 2.42. The normalized spacial score (nSPS) is 14.6. The molecule has 1 heterocycles. The highest BCUT2D eigenvalue weighted by Crippen LogP contribution is 2.34. The standard InChI is InChI=1S/C31H31NO5S2/c1-31(2,3)23-11-9-22(10-12-23)29(34)37-24-13-6-20(7-14-24)19-27-28(33)32(30(38)39-27)17-16-21-8-15-25(35-4)26(18-21)36-5/h6-15,18-19H,16-17H2,1-5H3/b27-19-. The van der Waals surface area contributed by atoms with Gasteiger partial charge >= 0.3 is 5.97 Å². The van der Waals surface area contributed by atoms with Gasteiger partial charge in [-0.3, -0.25) is 9.69 Å². The molecule has 39 heavy (non-hydrogen) atoms. The van der Waals surface area contributed by atoms with Gasteiger partial charge in [-0.1, -0.05) is 75.1 Å². The fourth-order valence-electron chi connectivity index (χ4n) is 4.03. The van der Waals surface area contributed by atoms with Crippen LogP contribution >= 0.6 is 24.0 Å². The van der Waals surface area contributed by atoms with E-state index in [2.05, 4.69) is 20.8 Å². The molecule has 1 amide bonds. The zero-order valence-electron chi connectivity index (χ0n) is 22.6. The molecule has 0 atom stereocenters. The number of carbonyl (C=O) groups excluding carboxylic acids is 2. The average Bonchev–Trinajstić information content (AvgIpc) is 3.19. The Balaban J connectivity index is 1.37. The number of thiocarbonyl (C=S) groups is 1. The number of hydrogen-bond acceptors (Lipinski definition) is 7. The van der Waals surface area contributed by atoms with Crippen molar-refractivity contribution in [3.63, 3.8) is 0 Å². The van der Waals surface area contributed by atoms with Crippen molar-refractivity contribution in [2.24, 2.45) is 0 Å². The predicted molar refractivity (Wildman–Crippen MR) is 160 cm³/mol. The van der Waals surface area contributed by atoms with Crippen molar-refractivity contribution in [3.8, 4) is 17.2 Å². The Bertz CT molecular complexity index is 1410. The second-order valence-corrected chi connectivity index (χ2v) is 11.7. The van der Waals surface area contributed by atoms with Gasteiger partial charge < -0.3 is 14.2 Å². The van der Waals surface area contributed by atoms with Gasteiger partial charge in [-0.25, -0.2) is 4.79 Å². The van der Waals surface area contributed by atoms with Gasteiger partial charge in [0.25, 0.3) is 5.91 Å². The van der Waals surface area contributed by atoms with Crippen molar-refractivity contribution in [3.05, 3.63) is 93.9 Å². The molecule has 0 N–H and O–H groups in total. The monoisotopic (exact) mass is 561 g/mol. The van der Waals surface area contributed by atoms with Crippen LogP contribution in [0.1, 0.15) is 47.8 Å². The van der Waals surface area contributed by atoms with E-state index in [0.717, 1.165) is 16.7 Å². The van der Waals surface area contributed by atoms with E-state index < -0.39 is 5.97 Å². The van der Waals surface area contributed by atoms with Crippen molar-refractivity contribution in [1.29, 1.82) is 0 Å². The minimum atomic E-state index is -0.418. The summed E-state index contributed by atoms with van der Waals surface area (Å²) < 4.78 is 16.7. The predicted octanol–water partition coefficient (Wildman–Crippen LogP) is 6.66. The highest BCUT2D eigenvalue weighted by molar-refractivity contribution is 8.26. The number of ether oxygens (including phenoxy) is 3. The molecule has 3 aromatic carbocycles. The number of rotatable bonds is 8. The molecule has 4 rings (SSSR count). The molecule has 1 aliphatic heterocycles. The zero-order valence-corrected chi connectivity index (χ0v) is 24.3. The van der Waals surface area contributed by atoms with E-state index in [0.29, 0.717) is 45.0 Å². The minimum Gasteiger partial charge on any atom is -0.493 e. The molecular formula is C31H31NO5S2. The van der Waals surface area contributed by atoms with Crippen LogP contribution in [-0.4, -0.2) is 41.9 Å². The summed E-state index contributed by atoms with van der Waals surface area (Å²) in [5.74, 6) is 1.19. The van der Waals surface area contributed by atoms with E-state index in [1.807, 2.05) is 42.5 Å². The van der Waals surface area contributed by atoms with Crippen LogP contribution in [0.5, 0.6) is 17.2 Å². The topological polar surface area (TPSA) is 65.1 Å². The number of hydrogen-bond donors (Lipinski definition) is 0. The number of esters is 1. The van der Waals surface area contributed by atoms with Crippen LogP contribution in [0.25, 0.3) is 6.08 Å². The SMILES string of the molecule is COc1ccc(CCN2C(=O)/C(=C/c3ccc(OC(=O)c4ccc(C(C)(C)C)cc4)cc3)SC2=S)cc1OC. The van der Waals surface area contributed by atoms with Crippen LogP contribution in [0, 0.1) is 0 Å².